The first-order valence-corrected chi connectivity index (χ1v) is 15.4. The first-order valence-electron chi connectivity index (χ1n) is 15.4. The molecule has 1 amide bonds. The molecule has 0 saturated carbocycles. The standard InChI is InChI=1S/C36H36FN5O6/c1-4-5-11-29(43)41-33-31-34(39-21-38-33)42(22-40-31)35-30(37)32(44)28(48-35)20-47-36(23-9-7-6-8-10-23,24-12-16-26(45-2)17-13-24)25-14-18-27(46-3)19-15-25/h4,6-10,12-19,21-22,28,30,32,35,44H,1,5,11,20H2,2-3H3,(H,38,39,41,43)/t28-,30-,32-,35-/m1/s1. The van der Waals surface area contributed by atoms with E-state index in [9.17, 15) is 9.90 Å². The molecule has 3 aromatic carbocycles. The van der Waals surface area contributed by atoms with E-state index in [-0.39, 0.29) is 35.9 Å². The summed E-state index contributed by atoms with van der Waals surface area (Å²) in [5.74, 6) is 1.26. The Morgan fingerprint density at radius 3 is 2.21 bits per heavy atom. The van der Waals surface area contributed by atoms with Crippen LogP contribution in [0, 0.1) is 0 Å². The van der Waals surface area contributed by atoms with Crippen molar-refractivity contribution in [2.24, 2.45) is 0 Å². The number of carbonyl (C=O) groups is 1. The number of anilines is 1. The summed E-state index contributed by atoms with van der Waals surface area (Å²) in [7, 11) is 3.19. The number of alkyl halides is 1. The van der Waals surface area contributed by atoms with Crippen molar-refractivity contribution in [1.82, 2.24) is 19.5 Å². The van der Waals surface area contributed by atoms with Crippen molar-refractivity contribution in [2.45, 2.75) is 43.1 Å². The fourth-order valence-electron chi connectivity index (χ4n) is 5.90. The summed E-state index contributed by atoms with van der Waals surface area (Å²) in [5, 5.41) is 13.9. The number of carbonyl (C=O) groups excluding carboxylic acids is 1. The van der Waals surface area contributed by atoms with Crippen molar-refractivity contribution >= 4 is 22.9 Å². The highest BCUT2D eigenvalue weighted by Gasteiger charge is 2.48. The highest BCUT2D eigenvalue weighted by molar-refractivity contribution is 5.96. The first kappa shape index (κ1) is 32.8. The predicted octanol–water partition coefficient (Wildman–Crippen LogP) is 5.35. The van der Waals surface area contributed by atoms with Gasteiger partial charge in [-0.25, -0.2) is 19.3 Å². The number of imidazole rings is 1. The molecule has 2 N–H and O–H groups in total. The van der Waals surface area contributed by atoms with E-state index >= 15 is 4.39 Å². The molecule has 0 spiro atoms. The van der Waals surface area contributed by atoms with Gasteiger partial charge in [0.1, 0.15) is 35.6 Å². The number of aromatic nitrogens is 4. The van der Waals surface area contributed by atoms with Gasteiger partial charge in [0.2, 0.25) is 5.91 Å². The van der Waals surface area contributed by atoms with E-state index in [1.165, 1.54) is 17.2 Å². The number of hydrogen-bond donors (Lipinski definition) is 2. The molecule has 0 bridgehead atoms. The van der Waals surface area contributed by atoms with Crippen LogP contribution in [0.3, 0.4) is 0 Å². The van der Waals surface area contributed by atoms with E-state index in [0.717, 1.165) is 16.7 Å². The molecule has 12 heteroatoms. The number of nitrogens with one attached hydrogen (secondary N) is 1. The van der Waals surface area contributed by atoms with E-state index in [0.29, 0.717) is 17.9 Å². The van der Waals surface area contributed by atoms with Crippen LogP contribution in [0.15, 0.2) is 104 Å². The molecular formula is C36H36FN5O6. The van der Waals surface area contributed by atoms with Crippen LogP contribution in [0.25, 0.3) is 11.2 Å². The van der Waals surface area contributed by atoms with Crippen LogP contribution in [0.1, 0.15) is 35.8 Å². The second-order valence-corrected chi connectivity index (χ2v) is 11.2. The van der Waals surface area contributed by atoms with Crippen LogP contribution < -0.4 is 14.8 Å². The molecule has 1 aliphatic heterocycles. The minimum atomic E-state index is -1.84. The summed E-state index contributed by atoms with van der Waals surface area (Å²) in [4.78, 5) is 25.1. The predicted molar refractivity (Wildman–Crippen MR) is 176 cm³/mol. The molecule has 4 atom stereocenters. The molecule has 6 rings (SSSR count). The molecule has 0 unspecified atom stereocenters. The van der Waals surface area contributed by atoms with Gasteiger partial charge in [0.25, 0.3) is 0 Å². The molecule has 5 aromatic rings. The van der Waals surface area contributed by atoms with Gasteiger partial charge in [0, 0.05) is 6.42 Å². The highest BCUT2D eigenvalue weighted by Crippen LogP contribution is 2.43. The zero-order valence-corrected chi connectivity index (χ0v) is 26.5. The van der Waals surface area contributed by atoms with Crippen molar-refractivity contribution in [3.63, 3.8) is 0 Å². The van der Waals surface area contributed by atoms with Crippen molar-refractivity contribution in [3.05, 3.63) is 121 Å². The van der Waals surface area contributed by atoms with Gasteiger partial charge in [-0.05, 0) is 47.4 Å². The Bertz CT molecular complexity index is 1800. The topological polar surface area (TPSA) is 130 Å². The fourth-order valence-corrected chi connectivity index (χ4v) is 5.90. The maximum Gasteiger partial charge on any atom is 0.225 e. The van der Waals surface area contributed by atoms with E-state index in [1.54, 1.807) is 20.3 Å². The molecule has 1 fully saturated rings. The molecular weight excluding hydrogens is 617 g/mol. The van der Waals surface area contributed by atoms with Gasteiger partial charge in [0.05, 0.1) is 27.2 Å². The fraction of sp³-hybridized carbons (Fsp3) is 0.278. The molecule has 0 radical (unpaired) electrons. The molecule has 3 heterocycles. The van der Waals surface area contributed by atoms with Crippen molar-refractivity contribution in [2.75, 3.05) is 26.1 Å². The Hall–Kier alpha value is -5.17. The molecule has 1 saturated heterocycles. The van der Waals surface area contributed by atoms with Gasteiger partial charge in [-0.1, -0.05) is 60.7 Å². The molecule has 248 valence electrons. The smallest absolute Gasteiger partial charge is 0.225 e. The normalized spacial score (nSPS) is 19.2. The lowest BCUT2D eigenvalue weighted by atomic mass is 9.80. The average molecular weight is 654 g/mol. The lowest BCUT2D eigenvalue weighted by Crippen LogP contribution is -2.39. The number of amides is 1. The van der Waals surface area contributed by atoms with Crippen LogP contribution in [0.5, 0.6) is 11.5 Å². The molecule has 2 aromatic heterocycles. The monoisotopic (exact) mass is 653 g/mol. The van der Waals surface area contributed by atoms with Gasteiger partial charge in [-0.2, -0.15) is 0 Å². The van der Waals surface area contributed by atoms with Crippen molar-refractivity contribution in [3.8, 4) is 11.5 Å². The largest absolute Gasteiger partial charge is 0.497 e. The number of nitrogens with zero attached hydrogens (tertiary/aromatic N) is 4. The number of aliphatic hydroxyl groups is 1. The highest BCUT2D eigenvalue weighted by atomic mass is 19.1. The van der Waals surface area contributed by atoms with Crippen LogP contribution in [0.4, 0.5) is 10.2 Å². The van der Waals surface area contributed by atoms with Crippen molar-refractivity contribution in [1.29, 1.82) is 0 Å². The summed E-state index contributed by atoms with van der Waals surface area (Å²) in [6.45, 7) is 3.45. The number of halogens is 1. The number of aliphatic hydroxyl groups excluding tert-OH is 1. The molecule has 11 nitrogen and oxygen atoms in total. The number of benzene rings is 3. The number of hydrogen-bond acceptors (Lipinski definition) is 9. The lowest BCUT2D eigenvalue weighted by molar-refractivity contribution is -0.116. The van der Waals surface area contributed by atoms with Gasteiger partial charge >= 0.3 is 0 Å². The number of methoxy groups -OCH3 is 2. The maximum absolute atomic E-state index is 15.9. The van der Waals surface area contributed by atoms with Crippen LogP contribution in [-0.2, 0) is 19.9 Å². The molecule has 0 aliphatic carbocycles. The number of allylic oxidation sites excluding steroid dienone is 1. The average Bonchev–Trinajstić information content (AvgIpc) is 3.69. The number of rotatable bonds is 13. The van der Waals surface area contributed by atoms with E-state index in [1.807, 2.05) is 78.9 Å². The quantitative estimate of drug-likeness (QED) is 0.128. The summed E-state index contributed by atoms with van der Waals surface area (Å²) in [6.07, 6.45) is -0.746. The van der Waals surface area contributed by atoms with Crippen LogP contribution in [-0.4, -0.2) is 69.7 Å². The Balaban J connectivity index is 1.33. The SMILES string of the molecule is C=CCCC(=O)Nc1ncnc2c1ncn2[C@@H]1O[C@H](COC(c2ccccc2)(c2ccc(OC)cc2)c2ccc(OC)cc2)[C@@H](O)[C@H]1F. The van der Waals surface area contributed by atoms with Crippen molar-refractivity contribution < 1.29 is 33.2 Å². The van der Waals surface area contributed by atoms with Gasteiger partial charge in [-0.3, -0.25) is 9.36 Å². The zero-order chi connectivity index (χ0) is 33.7. The van der Waals surface area contributed by atoms with Crippen LogP contribution >= 0.6 is 0 Å². The first-order chi connectivity index (χ1) is 23.4. The molecule has 48 heavy (non-hydrogen) atoms. The van der Waals surface area contributed by atoms with Gasteiger partial charge in [-0.15, -0.1) is 6.58 Å². The van der Waals surface area contributed by atoms with E-state index < -0.39 is 30.2 Å². The van der Waals surface area contributed by atoms with Gasteiger partial charge in [0.15, 0.2) is 29.4 Å². The van der Waals surface area contributed by atoms with Gasteiger partial charge < -0.3 is 29.4 Å². The second kappa shape index (κ2) is 14.3. The summed E-state index contributed by atoms with van der Waals surface area (Å²) in [5.41, 5.74) is 1.67. The minimum absolute atomic E-state index is 0.183. The third-order valence-corrected chi connectivity index (χ3v) is 8.40. The molecule has 1 aliphatic rings. The van der Waals surface area contributed by atoms with E-state index in [2.05, 4.69) is 26.8 Å². The Morgan fingerprint density at radius 2 is 1.60 bits per heavy atom. The zero-order valence-electron chi connectivity index (χ0n) is 26.5. The lowest BCUT2D eigenvalue weighted by Gasteiger charge is -2.37. The Labute approximate surface area is 277 Å². The number of ether oxygens (including phenoxy) is 4. The summed E-state index contributed by atoms with van der Waals surface area (Å²) in [6, 6.07) is 24.7. The number of fused-ring (bicyclic) bond motifs is 1. The second-order valence-electron chi connectivity index (χ2n) is 11.2. The van der Waals surface area contributed by atoms with Crippen LogP contribution in [0.2, 0.25) is 0 Å². The maximum atomic E-state index is 15.9. The minimum Gasteiger partial charge on any atom is -0.497 e. The summed E-state index contributed by atoms with van der Waals surface area (Å²) >= 11 is 0. The Kier molecular flexibility index (Phi) is 9.76. The summed E-state index contributed by atoms with van der Waals surface area (Å²) < 4.78 is 41.1. The van der Waals surface area contributed by atoms with E-state index in [4.69, 9.17) is 18.9 Å². The third-order valence-electron chi connectivity index (χ3n) is 8.40. The third kappa shape index (κ3) is 6.25. The Morgan fingerprint density at radius 1 is 0.979 bits per heavy atom.